The van der Waals surface area contributed by atoms with E-state index in [-0.39, 0.29) is 12.1 Å². The highest BCUT2D eigenvalue weighted by Gasteiger charge is 2.27. The Morgan fingerprint density at radius 1 is 1.15 bits per heavy atom. The number of pyridine rings is 1. The van der Waals surface area contributed by atoms with E-state index in [1.807, 2.05) is 63.2 Å². The fourth-order valence-electron chi connectivity index (χ4n) is 3.20. The lowest BCUT2D eigenvalue weighted by Gasteiger charge is -2.30. The number of nitrogens with zero attached hydrogens (tertiary/aromatic N) is 4. The van der Waals surface area contributed by atoms with Crippen molar-refractivity contribution in [1.29, 1.82) is 0 Å². The van der Waals surface area contributed by atoms with E-state index in [4.69, 9.17) is 14.5 Å². The van der Waals surface area contributed by atoms with Crippen LogP contribution in [0, 0.1) is 0 Å². The molecule has 0 bridgehead atoms. The summed E-state index contributed by atoms with van der Waals surface area (Å²) in [5.74, 6) is 1.18. The second kappa shape index (κ2) is 11.4. The van der Waals surface area contributed by atoms with Crippen LogP contribution in [0.3, 0.4) is 0 Å². The molecule has 1 aromatic carbocycles. The van der Waals surface area contributed by atoms with E-state index in [2.05, 4.69) is 20.5 Å². The maximum absolute atomic E-state index is 13.0. The average molecular weight is 453 g/mol. The molecule has 3 rings (SSSR count). The third kappa shape index (κ3) is 7.57. The number of benzene rings is 1. The number of anilines is 1. The lowest BCUT2D eigenvalue weighted by Crippen LogP contribution is -2.41. The van der Waals surface area contributed by atoms with Gasteiger partial charge in [-0.05, 0) is 51.5 Å². The fraction of sp³-hybridized carbons (Fsp3) is 0.417. The summed E-state index contributed by atoms with van der Waals surface area (Å²) in [6.07, 6.45) is 3.70. The third-order valence-electron chi connectivity index (χ3n) is 4.72. The molecule has 1 unspecified atom stereocenters. The second-order valence-electron chi connectivity index (χ2n) is 8.62. The number of amides is 1. The molecule has 1 atom stereocenters. The van der Waals surface area contributed by atoms with Crippen LogP contribution in [-0.4, -0.2) is 63.6 Å². The number of ether oxygens (including phenoxy) is 2. The van der Waals surface area contributed by atoms with Crippen molar-refractivity contribution >= 4 is 11.8 Å². The summed E-state index contributed by atoms with van der Waals surface area (Å²) >= 11 is 0. The van der Waals surface area contributed by atoms with Gasteiger partial charge in [0.15, 0.2) is 5.82 Å². The van der Waals surface area contributed by atoms with Gasteiger partial charge in [-0.3, -0.25) is 10.1 Å². The topological polar surface area (TPSA) is 105 Å². The van der Waals surface area contributed by atoms with E-state index >= 15 is 0 Å². The zero-order valence-electron chi connectivity index (χ0n) is 19.6. The summed E-state index contributed by atoms with van der Waals surface area (Å²) in [5.41, 5.74) is 1.17. The molecule has 2 aromatic heterocycles. The van der Waals surface area contributed by atoms with E-state index in [9.17, 15) is 4.79 Å². The number of hydrogen-bond acceptors (Lipinski definition) is 7. The number of nitrogens with one attached hydrogen (secondary N) is 2. The molecule has 176 valence electrons. The van der Waals surface area contributed by atoms with E-state index in [1.165, 1.54) is 0 Å². The quantitative estimate of drug-likeness (QED) is 0.442. The molecule has 0 aliphatic heterocycles. The number of para-hydroxylation sites is 1. The van der Waals surface area contributed by atoms with Gasteiger partial charge >= 0.3 is 6.09 Å². The highest BCUT2D eigenvalue weighted by atomic mass is 16.6. The fourth-order valence-corrected chi connectivity index (χ4v) is 3.20. The van der Waals surface area contributed by atoms with Gasteiger partial charge in [0.2, 0.25) is 0 Å². The molecule has 33 heavy (non-hydrogen) atoms. The first-order valence-corrected chi connectivity index (χ1v) is 11.0. The van der Waals surface area contributed by atoms with Gasteiger partial charge in [0.25, 0.3) is 0 Å². The number of carbonyl (C=O) groups excluding carboxylic acids is 1. The van der Waals surface area contributed by atoms with Gasteiger partial charge in [0, 0.05) is 43.9 Å². The Bertz CT molecular complexity index is 988. The van der Waals surface area contributed by atoms with Crippen LogP contribution in [-0.2, 0) is 9.47 Å². The van der Waals surface area contributed by atoms with Gasteiger partial charge in [0.1, 0.15) is 17.5 Å². The molecule has 2 heterocycles. The maximum Gasteiger partial charge on any atom is 0.410 e. The van der Waals surface area contributed by atoms with Gasteiger partial charge in [-0.25, -0.2) is 9.78 Å². The minimum absolute atomic E-state index is 0.332. The molecule has 0 radical (unpaired) electrons. The van der Waals surface area contributed by atoms with Crippen molar-refractivity contribution in [2.75, 3.05) is 32.1 Å². The Hall–Kier alpha value is -3.46. The summed E-state index contributed by atoms with van der Waals surface area (Å²) in [6, 6.07) is 13.2. The third-order valence-corrected chi connectivity index (χ3v) is 4.72. The molecule has 0 fully saturated rings. The first kappa shape index (κ1) is 24.2. The molecule has 0 aliphatic carbocycles. The second-order valence-corrected chi connectivity index (χ2v) is 8.62. The summed E-state index contributed by atoms with van der Waals surface area (Å²) in [6.45, 7) is 6.93. The van der Waals surface area contributed by atoms with Crippen molar-refractivity contribution in [3.05, 3.63) is 60.7 Å². The number of carbonyl (C=O) groups is 1. The molecule has 9 nitrogen and oxygen atoms in total. The van der Waals surface area contributed by atoms with Gasteiger partial charge < -0.3 is 19.7 Å². The first-order valence-electron chi connectivity index (χ1n) is 11.0. The normalized spacial score (nSPS) is 12.2. The Morgan fingerprint density at radius 2 is 1.88 bits per heavy atom. The van der Waals surface area contributed by atoms with E-state index in [1.54, 1.807) is 24.4 Å². The van der Waals surface area contributed by atoms with Gasteiger partial charge in [-0.1, -0.05) is 18.2 Å². The summed E-state index contributed by atoms with van der Waals surface area (Å²) in [7, 11) is 1.65. The van der Waals surface area contributed by atoms with Crippen LogP contribution in [0.1, 0.15) is 39.1 Å². The number of hydrogen-bond donors (Lipinski definition) is 2. The standard InChI is InChI=1S/C24H32N6O3/c1-24(2,3)33-23(31)30(15-8-16-32-4)17-20(26-19-9-6-5-7-10-19)22-27-21(28-29-22)18-11-13-25-14-12-18/h5-7,9-14,20,26H,8,15-17H2,1-4H3,(H,27,28,29). The first-order chi connectivity index (χ1) is 15.9. The predicted octanol–water partition coefficient (Wildman–Crippen LogP) is 4.29. The summed E-state index contributed by atoms with van der Waals surface area (Å²) < 4.78 is 10.8. The number of methoxy groups -OCH3 is 1. The lowest BCUT2D eigenvalue weighted by molar-refractivity contribution is 0.0226. The molecule has 1 amide bonds. The van der Waals surface area contributed by atoms with E-state index in [0.29, 0.717) is 37.8 Å². The smallest absolute Gasteiger partial charge is 0.410 e. The summed E-state index contributed by atoms with van der Waals surface area (Å²) in [5, 5.41) is 10.9. The van der Waals surface area contributed by atoms with Crippen LogP contribution in [0.5, 0.6) is 0 Å². The molecule has 9 heteroatoms. The minimum Gasteiger partial charge on any atom is -0.444 e. The summed E-state index contributed by atoms with van der Waals surface area (Å²) in [4.78, 5) is 23.4. The molecule has 3 aromatic rings. The molecule has 0 aliphatic rings. The number of H-pyrrole nitrogens is 1. The highest BCUT2D eigenvalue weighted by Crippen LogP contribution is 2.22. The number of aromatic amines is 1. The van der Waals surface area contributed by atoms with Crippen molar-refractivity contribution in [3.8, 4) is 11.4 Å². The van der Waals surface area contributed by atoms with Crippen molar-refractivity contribution in [2.45, 2.75) is 38.8 Å². The average Bonchev–Trinajstić information content (AvgIpc) is 3.28. The van der Waals surface area contributed by atoms with E-state index in [0.717, 1.165) is 11.3 Å². The molecule has 0 saturated carbocycles. The van der Waals surface area contributed by atoms with E-state index < -0.39 is 5.60 Å². The van der Waals surface area contributed by atoms with Crippen molar-refractivity contribution in [1.82, 2.24) is 25.1 Å². The molecule has 0 saturated heterocycles. The van der Waals surface area contributed by atoms with Gasteiger partial charge in [0.05, 0.1) is 6.54 Å². The van der Waals surface area contributed by atoms with Crippen LogP contribution in [0.15, 0.2) is 54.9 Å². The van der Waals surface area contributed by atoms with Crippen LogP contribution in [0.2, 0.25) is 0 Å². The van der Waals surface area contributed by atoms with Gasteiger partial charge in [-0.2, -0.15) is 5.10 Å². The number of rotatable bonds is 10. The van der Waals surface area contributed by atoms with Crippen LogP contribution < -0.4 is 5.32 Å². The Kier molecular flexibility index (Phi) is 8.37. The number of aromatic nitrogens is 4. The van der Waals surface area contributed by atoms with Crippen molar-refractivity contribution in [3.63, 3.8) is 0 Å². The maximum atomic E-state index is 13.0. The Morgan fingerprint density at radius 3 is 2.55 bits per heavy atom. The Balaban J connectivity index is 1.86. The molecular weight excluding hydrogens is 420 g/mol. The molecular formula is C24H32N6O3. The zero-order chi connectivity index (χ0) is 23.7. The van der Waals surface area contributed by atoms with Crippen LogP contribution in [0.25, 0.3) is 11.4 Å². The van der Waals surface area contributed by atoms with Crippen LogP contribution in [0.4, 0.5) is 10.5 Å². The molecule has 0 spiro atoms. The monoisotopic (exact) mass is 452 g/mol. The van der Waals surface area contributed by atoms with Gasteiger partial charge in [-0.15, -0.1) is 0 Å². The van der Waals surface area contributed by atoms with Crippen molar-refractivity contribution < 1.29 is 14.3 Å². The minimum atomic E-state index is -0.598. The van der Waals surface area contributed by atoms with Crippen LogP contribution >= 0.6 is 0 Å². The largest absolute Gasteiger partial charge is 0.444 e. The van der Waals surface area contributed by atoms with Crippen molar-refractivity contribution in [2.24, 2.45) is 0 Å². The SMILES string of the molecule is COCCCN(CC(Nc1ccccc1)c1nc(-c2ccncc2)n[nH]1)C(=O)OC(C)(C)C. The lowest BCUT2D eigenvalue weighted by atomic mass is 10.2. The zero-order valence-corrected chi connectivity index (χ0v) is 19.6. The molecule has 2 N–H and O–H groups in total. The predicted molar refractivity (Wildman–Crippen MR) is 127 cm³/mol. The Labute approximate surface area is 194 Å². The highest BCUT2D eigenvalue weighted by molar-refractivity contribution is 5.68.